The summed E-state index contributed by atoms with van der Waals surface area (Å²) in [6, 6.07) is 1.85. The maximum Gasteiger partial charge on any atom is 0.265 e. The number of hydrogen-bond acceptors (Lipinski definition) is 5. The number of nitrogens with zero attached hydrogens (tertiary/aromatic N) is 3. The Morgan fingerprint density at radius 1 is 1.29 bits per heavy atom. The van der Waals surface area contributed by atoms with Crippen LogP contribution in [0.15, 0.2) is 6.07 Å². The van der Waals surface area contributed by atoms with Crippen molar-refractivity contribution < 1.29 is 14.4 Å². The van der Waals surface area contributed by atoms with E-state index in [1.165, 1.54) is 11.5 Å². The molecule has 28 heavy (non-hydrogen) atoms. The molecule has 0 radical (unpaired) electrons. The molecule has 0 bridgehead atoms. The van der Waals surface area contributed by atoms with Crippen LogP contribution in [0.3, 0.4) is 0 Å². The maximum atomic E-state index is 12.8. The summed E-state index contributed by atoms with van der Waals surface area (Å²) in [7, 11) is 0. The van der Waals surface area contributed by atoms with Crippen molar-refractivity contribution in [3.05, 3.63) is 16.6 Å². The van der Waals surface area contributed by atoms with Crippen molar-refractivity contribution in [1.82, 2.24) is 19.5 Å². The maximum absolute atomic E-state index is 12.8. The van der Waals surface area contributed by atoms with E-state index in [4.69, 9.17) is 0 Å². The second kappa shape index (κ2) is 7.81. The summed E-state index contributed by atoms with van der Waals surface area (Å²) in [5, 5.41) is 2.88. The third kappa shape index (κ3) is 4.06. The molecule has 8 heteroatoms. The van der Waals surface area contributed by atoms with Gasteiger partial charge in [-0.1, -0.05) is 0 Å². The van der Waals surface area contributed by atoms with Crippen LogP contribution in [0, 0.1) is 18.3 Å². The molecule has 2 unspecified atom stereocenters. The van der Waals surface area contributed by atoms with Gasteiger partial charge in [0, 0.05) is 51.0 Å². The Morgan fingerprint density at radius 3 is 2.79 bits per heavy atom. The van der Waals surface area contributed by atoms with E-state index in [-0.39, 0.29) is 29.1 Å². The van der Waals surface area contributed by atoms with Crippen LogP contribution in [0.5, 0.6) is 0 Å². The molecule has 3 aliphatic heterocycles. The molecule has 3 saturated heterocycles. The molecule has 1 aromatic heterocycles. The molecule has 3 aliphatic rings. The minimum Gasteiger partial charge on any atom is -0.356 e. The molecule has 1 aromatic rings. The Balaban J connectivity index is 1.32. The number of carbonyl (C=O) groups is 3. The number of aromatic nitrogens is 1. The van der Waals surface area contributed by atoms with Crippen molar-refractivity contribution in [2.45, 2.75) is 45.4 Å². The summed E-state index contributed by atoms with van der Waals surface area (Å²) in [6.07, 6.45) is 4.71. The first-order valence-corrected chi connectivity index (χ1v) is 11.0. The number of likely N-dealkylation sites (tertiary alicyclic amines) is 2. The third-order valence-electron chi connectivity index (χ3n) is 6.40. The Hall–Kier alpha value is -1.96. The molecular formula is C20H28N4O3S. The van der Waals surface area contributed by atoms with E-state index in [2.05, 4.69) is 9.69 Å². The van der Waals surface area contributed by atoms with Gasteiger partial charge in [0.15, 0.2) is 0 Å². The third-order valence-corrected chi connectivity index (χ3v) is 7.27. The lowest BCUT2D eigenvalue weighted by Crippen LogP contribution is -2.36. The van der Waals surface area contributed by atoms with E-state index >= 15 is 0 Å². The van der Waals surface area contributed by atoms with Gasteiger partial charge in [-0.3, -0.25) is 14.4 Å². The predicted octanol–water partition coefficient (Wildman–Crippen LogP) is 1.82. The number of carbonyl (C=O) groups excluding carboxylic acids is 3. The quantitative estimate of drug-likeness (QED) is 0.833. The van der Waals surface area contributed by atoms with Crippen molar-refractivity contribution in [3.8, 4) is 0 Å². The average Bonchev–Trinajstić information content (AvgIpc) is 3.36. The second-order valence-corrected chi connectivity index (χ2v) is 9.45. The van der Waals surface area contributed by atoms with Gasteiger partial charge in [0.2, 0.25) is 11.8 Å². The fourth-order valence-electron chi connectivity index (χ4n) is 4.82. The number of amides is 3. The summed E-state index contributed by atoms with van der Waals surface area (Å²) in [5.74, 6) is 0.454. The zero-order valence-electron chi connectivity index (χ0n) is 16.4. The fourth-order valence-corrected chi connectivity index (χ4v) is 5.54. The van der Waals surface area contributed by atoms with E-state index in [9.17, 15) is 14.4 Å². The molecular weight excluding hydrogens is 376 g/mol. The van der Waals surface area contributed by atoms with Gasteiger partial charge in [0.05, 0.1) is 5.69 Å². The van der Waals surface area contributed by atoms with Crippen LogP contribution in [0.25, 0.3) is 0 Å². The molecule has 1 spiro atoms. The number of rotatable bonds is 3. The summed E-state index contributed by atoms with van der Waals surface area (Å²) in [4.78, 5) is 41.9. The lowest BCUT2D eigenvalue weighted by atomic mass is 9.86. The van der Waals surface area contributed by atoms with Crippen LogP contribution < -0.4 is 5.32 Å². The minimum atomic E-state index is 0.0336. The number of nitrogens with one attached hydrogen (secondary N) is 1. The van der Waals surface area contributed by atoms with Gasteiger partial charge in [0.25, 0.3) is 5.91 Å². The predicted molar refractivity (Wildman–Crippen MR) is 106 cm³/mol. The highest BCUT2D eigenvalue weighted by atomic mass is 32.1. The molecule has 152 valence electrons. The first-order chi connectivity index (χ1) is 13.4. The van der Waals surface area contributed by atoms with Gasteiger partial charge >= 0.3 is 0 Å². The molecule has 7 nitrogen and oxygen atoms in total. The lowest BCUT2D eigenvalue weighted by Gasteiger charge is -2.25. The van der Waals surface area contributed by atoms with E-state index in [0.29, 0.717) is 17.7 Å². The average molecular weight is 405 g/mol. The van der Waals surface area contributed by atoms with Crippen LogP contribution in [0.2, 0.25) is 0 Å². The normalized spacial score (nSPS) is 27.9. The molecule has 4 heterocycles. The first-order valence-electron chi connectivity index (χ1n) is 10.2. The smallest absolute Gasteiger partial charge is 0.265 e. The van der Waals surface area contributed by atoms with Gasteiger partial charge in [0.1, 0.15) is 4.88 Å². The Kier molecular flexibility index (Phi) is 5.40. The van der Waals surface area contributed by atoms with Gasteiger partial charge in [-0.2, -0.15) is 4.37 Å². The largest absolute Gasteiger partial charge is 0.356 e. The van der Waals surface area contributed by atoms with Crippen molar-refractivity contribution in [3.63, 3.8) is 0 Å². The Morgan fingerprint density at radius 2 is 2.04 bits per heavy atom. The van der Waals surface area contributed by atoms with Crippen LogP contribution in [-0.2, 0) is 9.59 Å². The van der Waals surface area contributed by atoms with Crippen molar-refractivity contribution in [2.24, 2.45) is 11.3 Å². The molecule has 2 atom stereocenters. The zero-order valence-corrected chi connectivity index (χ0v) is 17.2. The molecule has 0 saturated carbocycles. The SMILES string of the molecule is Cc1cc(C(=O)N2CCC3(CCN(C(=O)CC4CCCNC(=O)C4)C3)C2)sn1. The highest BCUT2D eigenvalue weighted by Gasteiger charge is 2.46. The molecule has 3 amide bonds. The Labute approximate surface area is 169 Å². The highest BCUT2D eigenvalue weighted by Crippen LogP contribution is 2.40. The van der Waals surface area contributed by atoms with Gasteiger partial charge in [-0.15, -0.1) is 0 Å². The highest BCUT2D eigenvalue weighted by molar-refractivity contribution is 7.08. The van der Waals surface area contributed by atoms with E-state index in [0.717, 1.165) is 64.1 Å². The zero-order chi connectivity index (χ0) is 19.7. The summed E-state index contributed by atoms with van der Waals surface area (Å²) in [5.41, 5.74) is 0.915. The van der Waals surface area contributed by atoms with E-state index in [1.54, 1.807) is 0 Å². The summed E-state index contributed by atoms with van der Waals surface area (Å²) >= 11 is 1.26. The Bertz CT molecular complexity index is 779. The molecule has 0 aromatic carbocycles. The van der Waals surface area contributed by atoms with Crippen LogP contribution in [0.1, 0.15) is 53.9 Å². The monoisotopic (exact) mass is 404 g/mol. The van der Waals surface area contributed by atoms with Gasteiger partial charge in [-0.05, 0) is 56.1 Å². The number of hydrogen-bond donors (Lipinski definition) is 1. The van der Waals surface area contributed by atoms with Crippen LogP contribution >= 0.6 is 11.5 Å². The standard InChI is InChI=1S/C20H28N4O3S/c1-14-9-16(28-22-14)19(27)24-8-5-20(13-24)4-7-23(12-20)18(26)11-15-3-2-6-21-17(25)10-15/h9,15H,2-8,10-13H2,1H3,(H,21,25). The summed E-state index contributed by atoms with van der Waals surface area (Å²) in [6.45, 7) is 5.59. The fraction of sp³-hybridized carbons (Fsp3) is 0.700. The molecule has 3 fully saturated rings. The molecule has 4 rings (SSSR count). The minimum absolute atomic E-state index is 0.0336. The first kappa shape index (κ1) is 19.4. The van der Waals surface area contributed by atoms with Crippen molar-refractivity contribution >= 4 is 29.3 Å². The van der Waals surface area contributed by atoms with Gasteiger partial charge in [-0.25, -0.2) is 0 Å². The van der Waals surface area contributed by atoms with Gasteiger partial charge < -0.3 is 15.1 Å². The molecule has 0 aliphatic carbocycles. The van der Waals surface area contributed by atoms with Crippen molar-refractivity contribution in [2.75, 3.05) is 32.7 Å². The van der Waals surface area contributed by atoms with Crippen LogP contribution in [-0.4, -0.2) is 64.6 Å². The van der Waals surface area contributed by atoms with E-state index < -0.39 is 0 Å². The summed E-state index contributed by atoms with van der Waals surface area (Å²) < 4.78 is 4.21. The van der Waals surface area contributed by atoms with Crippen LogP contribution in [0.4, 0.5) is 0 Å². The lowest BCUT2D eigenvalue weighted by molar-refractivity contribution is -0.131. The second-order valence-electron chi connectivity index (χ2n) is 8.64. The topological polar surface area (TPSA) is 82.6 Å². The number of aryl methyl sites for hydroxylation is 1. The molecule has 1 N–H and O–H groups in total. The van der Waals surface area contributed by atoms with Crippen molar-refractivity contribution in [1.29, 1.82) is 0 Å². The van der Waals surface area contributed by atoms with E-state index in [1.807, 2.05) is 22.8 Å².